The first-order chi connectivity index (χ1) is 7.08. The van der Waals surface area contributed by atoms with Crippen LogP contribution in [-0.4, -0.2) is 16.5 Å². The Morgan fingerprint density at radius 1 is 1.33 bits per heavy atom. The lowest BCUT2D eigenvalue weighted by Gasteiger charge is -2.14. The molecule has 0 saturated heterocycles. The van der Waals surface area contributed by atoms with E-state index >= 15 is 0 Å². The molecule has 0 aliphatic heterocycles. The third-order valence-electron chi connectivity index (χ3n) is 2.63. The van der Waals surface area contributed by atoms with Gasteiger partial charge >= 0.3 is 0 Å². The fourth-order valence-electron chi connectivity index (χ4n) is 1.55. The summed E-state index contributed by atoms with van der Waals surface area (Å²) in [7, 11) is 0. The van der Waals surface area contributed by atoms with E-state index in [2.05, 4.69) is 36.8 Å². The molecule has 3 heteroatoms. The first-order valence-corrected chi connectivity index (χ1v) is 5.64. The van der Waals surface area contributed by atoms with Crippen LogP contribution in [0.4, 0.5) is 0 Å². The van der Waals surface area contributed by atoms with Crippen LogP contribution in [0.2, 0.25) is 0 Å². The Balaban J connectivity index is 3.07. The number of aromatic nitrogens is 2. The second-order valence-corrected chi connectivity index (χ2v) is 4.29. The highest BCUT2D eigenvalue weighted by molar-refractivity contribution is 5.15. The fraction of sp³-hybridized carbons (Fsp3) is 0.667. The van der Waals surface area contributed by atoms with E-state index < -0.39 is 0 Å². The van der Waals surface area contributed by atoms with Crippen molar-refractivity contribution in [3.63, 3.8) is 0 Å². The Kier molecular flexibility index (Phi) is 4.21. The van der Waals surface area contributed by atoms with Gasteiger partial charge in [-0.2, -0.15) is 0 Å². The molecule has 0 radical (unpaired) electrons. The smallest absolute Gasteiger partial charge is 0.133 e. The number of hydrogen-bond acceptors (Lipinski definition) is 3. The minimum atomic E-state index is 0.294. The number of aryl methyl sites for hydroxylation is 1. The molecule has 3 nitrogen and oxygen atoms in total. The molecule has 1 atom stereocenters. The SMILES string of the molecule is CCC(CN)c1nc(C)cc(C(C)C)n1. The van der Waals surface area contributed by atoms with Crippen molar-refractivity contribution in [2.75, 3.05) is 6.54 Å². The Morgan fingerprint density at radius 3 is 2.47 bits per heavy atom. The van der Waals surface area contributed by atoms with Gasteiger partial charge in [0.25, 0.3) is 0 Å². The lowest BCUT2D eigenvalue weighted by Crippen LogP contribution is -2.16. The molecule has 1 heterocycles. The van der Waals surface area contributed by atoms with E-state index in [4.69, 9.17) is 5.73 Å². The fourth-order valence-corrected chi connectivity index (χ4v) is 1.55. The molecule has 84 valence electrons. The van der Waals surface area contributed by atoms with Crippen molar-refractivity contribution < 1.29 is 0 Å². The van der Waals surface area contributed by atoms with Gasteiger partial charge in [0.2, 0.25) is 0 Å². The van der Waals surface area contributed by atoms with E-state index in [9.17, 15) is 0 Å². The van der Waals surface area contributed by atoms with Gasteiger partial charge in [0, 0.05) is 23.9 Å². The molecule has 1 rings (SSSR count). The first-order valence-electron chi connectivity index (χ1n) is 5.64. The van der Waals surface area contributed by atoms with Crippen LogP contribution < -0.4 is 5.73 Å². The zero-order valence-corrected chi connectivity index (χ0v) is 10.1. The summed E-state index contributed by atoms with van der Waals surface area (Å²) in [6.45, 7) is 9.06. The van der Waals surface area contributed by atoms with E-state index in [1.807, 2.05) is 6.92 Å². The predicted octanol–water partition coefficient (Wildman–Crippen LogP) is 2.36. The number of hydrogen-bond donors (Lipinski definition) is 1. The van der Waals surface area contributed by atoms with Crippen LogP contribution in [0.15, 0.2) is 6.07 Å². The second kappa shape index (κ2) is 5.21. The largest absolute Gasteiger partial charge is 0.330 e. The van der Waals surface area contributed by atoms with Gasteiger partial charge < -0.3 is 5.73 Å². The van der Waals surface area contributed by atoms with E-state index in [-0.39, 0.29) is 0 Å². The van der Waals surface area contributed by atoms with Crippen LogP contribution >= 0.6 is 0 Å². The zero-order valence-electron chi connectivity index (χ0n) is 10.1. The molecule has 2 N–H and O–H groups in total. The molecule has 0 aliphatic carbocycles. The predicted molar refractivity (Wildman–Crippen MR) is 62.9 cm³/mol. The summed E-state index contributed by atoms with van der Waals surface area (Å²) in [5, 5.41) is 0. The molecule has 0 aliphatic rings. The van der Waals surface area contributed by atoms with Gasteiger partial charge in [-0.05, 0) is 25.3 Å². The topological polar surface area (TPSA) is 51.8 Å². The van der Waals surface area contributed by atoms with Crippen LogP contribution in [0.5, 0.6) is 0 Å². The van der Waals surface area contributed by atoms with E-state index in [1.165, 1.54) is 0 Å². The lowest BCUT2D eigenvalue weighted by molar-refractivity contribution is 0.617. The maximum absolute atomic E-state index is 5.71. The molecule has 0 bridgehead atoms. The number of rotatable bonds is 4. The third kappa shape index (κ3) is 2.99. The maximum atomic E-state index is 5.71. The molecule has 0 aromatic carbocycles. The van der Waals surface area contributed by atoms with Crippen molar-refractivity contribution in [2.45, 2.75) is 46.0 Å². The standard InChI is InChI=1S/C12H21N3/c1-5-10(7-13)12-14-9(4)6-11(15-12)8(2)3/h6,8,10H,5,7,13H2,1-4H3. The van der Waals surface area contributed by atoms with Crippen molar-refractivity contribution in [1.82, 2.24) is 9.97 Å². The van der Waals surface area contributed by atoms with Gasteiger partial charge in [-0.3, -0.25) is 0 Å². The van der Waals surface area contributed by atoms with Gasteiger partial charge in [0.15, 0.2) is 0 Å². The Hall–Kier alpha value is -0.960. The van der Waals surface area contributed by atoms with Crippen LogP contribution in [0.1, 0.15) is 56.2 Å². The van der Waals surface area contributed by atoms with Gasteiger partial charge in [0.1, 0.15) is 5.82 Å². The molecule has 1 aromatic heterocycles. The summed E-state index contributed by atoms with van der Waals surface area (Å²) < 4.78 is 0. The monoisotopic (exact) mass is 207 g/mol. The summed E-state index contributed by atoms with van der Waals surface area (Å²) in [6, 6.07) is 2.05. The molecule has 0 amide bonds. The second-order valence-electron chi connectivity index (χ2n) is 4.29. The first kappa shape index (κ1) is 12.1. The Bertz CT molecular complexity index is 317. The van der Waals surface area contributed by atoms with E-state index in [0.29, 0.717) is 18.4 Å². The quantitative estimate of drug-likeness (QED) is 0.824. The number of nitrogens with two attached hydrogens (primary N) is 1. The van der Waals surface area contributed by atoms with E-state index in [1.54, 1.807) is 0 Å². The molecule has 1 aromatic rings. The highest BCUT2D eigenvalue weighted by Gasteiger charge is 2.13. The van der Waals surface area contributed by atoms with Gasteiger partial charge in [0.05, 0.1) is 0 Å². The minimum Gasteiger partial charge on any atom is -0.330 e. The van der Waals surface area contributed by atoms with Crippen molar-refractivity contribution in [3.8, 4) is 0 Å². The summed E-state index contributed by atoms with van der Waals surface area (Å²) in [6.07, 6.45) is 0.998. The molecular formula is C12H21N3. The molecule has 0 spiro atoms. The molecule has 0 fully saturated rings. The Labute approximate surface area is 92.1 Å². The third-order valence-corrected chi connectivity index (χ3v) is 2.63. The van der Waals surface area contributed by atoms with Crippen LogP contribution in [0.25, 0.3) is 0 Å². The minimum absolute atomic E-state index is 0.294. The van der Waals surface area contributed by atoms with Crippen molar-refractivity contribution in [1.29, 1.82) is 0 Å². The maximum Gasteiger partial charge on any atom is 0.133 e. The molecule has 0 saturated carbocycles. The number of nitrogens with zero attached hydrogens (tertiary/aromatic N) is 2. The van der Waals surface area contributed by atoms with Crippen LogP contribution in [0.3, 0.4) is 0 Å². The summed E-state index contributed by atoms with van der Waals surface area (Å²) >= 11 is 0. The van der Waals surface area contributed by atoms with Crippen LogP contribution in [-0.2, 0) is 0 Å². The van der Waals surface area contributed by atoms with Crippen molar-refractivity contribution in [3.05, 3.63) is 23.3 Å². The highest BCUT2D eigenvalue weighted by Crippen LogP contribution is 2.18. The average Bonchev–Trinajstić information content (AvgIpc) is 2.18. The molecular weight excluding hydrogens is 186 g/mol. The van der Waals surface area contributed by atoms with Crippen molar-refractivity contribution in [2.24, 2.45) is 5.73 Å². The molecule has 1 unspecified atom stereocenters. The summed E-state index contributed by atoms with van der Waals surface area (Å²) in [5.41, 5.74) is 7.86. The highest BCUT2D eigenvalue weighted by atomic mass is 14.9. The molecule has 15 heavy (non-hydrogen) atoms. The van der Waals surface area contributed by atoms with E-state index in [0.717, 1.165) is 23.6 Å². The Morgan fingerprint density at radius 2 is 2.00 bits per heavy atom. The van der Waals surface area contributed by atoms with Crippen LogP contribution in [0, 0.1) is 6.92 Å². The van der Waals surface area contributed by atoms with Gasteiger partial charge in [-0.15, -0.1) is 0 Å². The summed E-state index contributed by atoms with van der Waals surface area (Å²) in [5.74, 6) is 1.65. The van der Waals surface area contributed by atoms with Crippen molar-refractivity contribution >= 4 is 0 Å². The van der Waals surface area contributed by atoms with Gasteiger partial charge in [-0.1, -0.05) is 20.8 Å². The zero-order chi connectivity index (χ0) is 11.4. The normalized spacial score (nSPS) is 13.2. The van der Waals surface area contributed by atoms with Gasteiger partial charge in [-0.25, -0.2) is 9.97 Å². The average molecular weight is 207 g/mol. The summed E-state index contributed by atoms with van der Waals surface area (Å²) in [4.78, 5) is 9.05. The lowest BCUT2D eigenvalue weighted by atomic mass is 10.0.